The van der Waals surface area contributed by atoms with Crippen LogP contribution in [0.1, 0.15) is 27.8 Å². The number of ether oxygens (including phenoxy) is 1. The number of hydrogen-bond donors (Lipinski definition) is 1. The molecule has 4 heteroatoms. The quantitative estimate of drug-likeness (QED) is 0.804. The number of aryl methyl sites for hydroxylation is 2. The summed E-state index contributed by atoms with van der Waals surface area (Å²) < 4.78 is 5.13. The van der Waals surface area contributed by atoms with Crippen LogP contribution in [-0.2, 0) is 11.2 Å². The van der Waals surface area contributed by atoms with E-state index in [1.54, 1.807) is 18.4 Å². The number of rotatable bonds is 4. The van der Waals surface area contributed by atoms with E-state index in [2.05, 4.69) is 50.4 Å². The summed E-state index contributed by atoms with van der Waals surface area (Å²) in [5, 5.41) is 4.07. The second-order valence-corrected chi connectivity index (χ2v) is 6.28. The SMILES string of the molecule is CCc1c(C)cccc1Nc1cc(C(=S)OC)sc1C. The molecular weight excluding hydrogens is 286 g/mol. The standard InChI is InChI=1S/C16H19NOS2/c1-5-12-10(2)7-6-8-13(12)17-14-9-15(16(19)18-4)20-11(14)3/h6-9,17H,5H2,1-4H3. The van der Waals surface area contributed by atoms with Crippen LogP contribution in [0.4, 0.5) is 11.4 Å². The molecule has 1 N–H and O–H groups in total. The van der Waals surface area contributed by atoms with Crippen molar-refractivity contribution in [3.05, 3.63) is 45.1 Å². The van der Waals surface area contributed by atoms with Crippen LogP contribution in [0.5, 0.6) is 0 Å². The molecule has 0 unspecified atom stereocenters. The van der Waals surface area contributed by atoms with Crippen molar-refractivity contribution in [2.45, 2.75) is 27.2 Å². The van der Waals surface area contributed by atoms with Crippen molar-refractivity contribution >= 4 is 40.0 Å². The lowest BCUT2D eigenvalue weighted by Crippen LogP contribution is -1.98. The number of thiophene rings is 1. The molecule has 0 spiro atoms. The van der Waals surface area contributed by atoms with Crippen LogP contribution in [0.15, 0.2) is 24.3 Å². The van der Waals surface area contributed by atoms with Crippen LogP contribution in [0.3, 0.4) is 0 Å². The number of anilines is 2. The van der Waals surface area contributed by atoms with Crippen LogP contribution in [0, 0.1) is 13.8 Å². The van der Waals surface area contributed by atoms with Crippen molar-refractivity contribution in [1.82, 2.24) is 0 Å². The fraction of sp³-hybridized carbons (Fsp3) is 0.312. The van der Waals surface area contributed by atoms with E-state index in [-0.39, 0.29) is 0 Å². The Morgan fingerprint density at radius 3 is 2.70 bits per heavy atom. The third-order valence-corrected chi connectivity index (χ3v) is 4.90. The third kappa shape index (κ3) is 3.02. The Labute approximate surface area is 129 Å². The van der Waals surface area contributed by atoms with E-state index in [0.717, 1.165) is 17.0 Å². The van der Waals surface area contributed by atoms with Gasteiger partial charge in [-0.25, -0.2) is 0 Å². The van der Waals surface area contributed by atoms with Crippen molar-refractivity contribution in [3.8, 4) is 0 Å². The van der Waals surface area contributed by atoms with E-state index in [0.29, 0.717) is 5.05 Å². The van der Waals surface area contributed by atoms with Crippen molar-refractivity contribution in [2.24, 2.45) is 0 Å². The second kappa shape index (κ2) is 6.37. The minimum absolute atomic E-state index is 0.547. The monoisotopic (exact) mass is 305 g/mol. The van der Waals surface area contributed by atoms with Gasteiger partial charge < -0.3 is 10.1 Å². The Hall–Kier alpha value is -1.39. The summed E-state index contributed by atoms with van der Waals surface area (Å²) in [4.78, 5) is 2.20. The van der Waals surface area contributed by atoms with E-state index in [9.17, 15) is 0 Å². The zero-order valence-electron chi connectivity index (χ0n) is 12.2. The zero-order chi connectivity index (χ0) is 14.7. The van der Waals surface area contributed by atoms with Gasteiger partial charge in [0.25, 0.3) is 0 Å². The summed E-state index contributed by atoms with van der Waals surface area (Å²) in [6.07, 6.45) is 1.02. The molecule has 0 saturated heterocycles. The van der Waals surface area contributed by atoms with Crippen LogP contribution < -0.4 is 5.32 Å². The lowest BCUT2D eigenvalue weighted by Gasteiger charge is -2.13. The highest BCUT2D eigenvalue weighted by atomic mass is 32.1. The molecule has 0 fully saturated rings. The van der Waals surface area contributed by atoms with Gasteiger partial charge in [0.2, 0.25) is 5.05 Å². The first-order valence-corrected chi connectivity index (χ1v) is 7.83. The maximum Gasteiger partial charge on any atom is 0.201 e. The molecule has 0 bridgehead atoms. The Morgan fingerprint density at radius 1 is 1.30 bits per heavy atom. The van der Waals surface area contributed by atoms with Gasteiger partial charge in [-0.15, -0.1) is 11.3 Å². The molecule has 0 aliphatic rings. The van der Waals surface area contributed by atoms with Crippen molar-refractivity contribution < 1.29 is 4.74 Å². The fourth-order valence-electron chi connectivity index (χ4n) is 2.24. The van der Waals surface area contributed by atoms with Gasteiger partial charge in [0, 0.05) is 10.6 Å². The molecular formula is C16H19NOS2. The minimum Gasteiger partial charge on any atom is -0.486 e. The molecule has 0 atom stereocenters. The van der Waals surface area contributed by atoms with Gasteiger partial charge in [0.05, 0.1) is 17.7 Å². The van der Waals surface area contributed by atoms with Crippen molar-refractivity contribution in [3.63, 3.8) is 0 Å². The summed E-state index contributed by atoms with van der Waals surface area (Å²) >= 11 is 6.84. The maximum absolute atomic E-state index is 5.19. The number of nitrogens with one attached hydrogen (secondary N) is 1. The molecule has 0 amide bonds. The highest BCUT2D eigenvalue weighted by Crippen LogP contribution is 2.31. The topological polar surface area (TPSA) is 21.3 Å². The highest BCUT2D eigenvalue weighted by Gasteiger charge is 2.11. The Kier molecular flexibility index (Phi) is 4.78. The van der Waals surface area contributed by atoms with Gasteiger partial charge in [-0.3, -0.25) is 0 Å². The summed E-state index contributed by atoms with van der Waals surface area (Å²) in [6, 6.07) is 8.42. The van der Waals surface area contributed by atoms with Crippen LogP contribution in [0.25, 0.3) is 0 Å². The maximum atomic E-state index is 5.19. The molecule has 2 rings (SSSR count). The average molecular weight is 305 g/mol. The molecule has 106 valence electrons. The molecule has 0 aliphatic carbocycles. The van der Waals surface area contributed by atoms with Gasteiger partial charge in [-0.2, -0.15) is 0 Å². The Balaban J connectivity index is 2.33. The molecule has 1 aromatic carbocycles. The lowest BCUT2D eigenvalue weighted by atomic mass is 10.0. The molecule has 2 nitrogen and oxygen atoms in total. The first kappa shape index (κ1) is 15.0. The van der Waals surface area contributed by atoms with Gasteiger partial charge in [-0.05, 0) is 55.7 Å². The zero-order valence-corrected chi connectivity index (χ0v) is 13.9. The highest BCUT2D eigenvalue weighted by molar-refractivity contribution is 7.80. The van der Waals surface area contributed by atoms with E-state index in [1.165, 1.54) is 21.7 Å². The largest absolute Gasteiger partial charge is 0.486 e. The molecule has 2 aromatic rings. The first-order valence-electron chi connectivity index (χ1n) is 6.61. The van der Waals surface area contributed by atoms with E-state index in [1.807, 2.05) is 0 Å². The predicted molar refractivity (Wildman–Crippen MR) is 91.6 cm³/mol. The van der Waals surface area contributed by atoms with Gasteiger partial charge in [0.1, 0.15) is 0 Å². The van der Waals surface area contributed by atoms with Crippen LogP contribution in [-0.4, -0.2) is 12.2 Å². The van der Waals surface area contributed by atoms with E-state index < -0.39 is 0 Å². The first-order chi connectivity index (χ1) is 9.56. The number of thiocarbonyl (C=S) groups is 1. The molecule has 0 saturated carbocycles. The summed E-state index contributed by atoms with van der Waals surface area (Å²) in [6.45, 7) is 6.42. The molecule has 1 aromatic heterocycles. The molecule has 1 heterocycles. The van der Waals surface area contributed by atoms with Gasteiger partial charge in [0.15, 0.2) is 0 Å². The van der Waals surface area contributed by atoms with Crippen LogP contribution >= 0.6 is 23.6 Å². The normalized spacial score (nSPS) is 10.4. The second-order valence-electron chi connectivity index (χ2n) is 4.65. The van der Waals surface area contributed by atoms with Gasteiger partial charge in [-0.1, -0.05) is 19.1 Å². The Morgan fingerprint density at radius 2 is 2.05 bits per heavy atom. The van der Waals surface area contributed by atoms with E-state index in [4.69, 9.17) is 17.0 Å². The molecule has 0 radical (unpaired) electrons. The number of methoxy groups -OCH3 is 1. The lowest BCUT2D eigenvalue weighted by molar-refractivity contribution is 0.417. The Bertz CT molecular complexity index is 631. The smallest absolute Gasteiger partial charge is 0.201 e. The fourth-order valence-corrected chi connectivity index (χ4v) is 3.32. The summed E-state index contributed by atoms with van der Waals surface area (Å²) in [7, 11) is 1.61. The summed E-state index contributed by atoms with van der Waals surface area (Å²) in [5.41, 5.74) is 4.94. The van der Waals surface area contributed by atoms with Crippen molar-refractivity contribution in [1.29, 1.82) is 0 Å². The summed E-state index contributed by atoms with van der Waals surface area (Å²) in [5.74, 6) is 0. The number of benzene rings is 1. The van der Waals surface area contributed by atoms with Crippen molar-refractivity contribution in [2.75, 3.05) is 12.4 Å². The van der Waals surface area contributed by atoms with Crippen LogP contribution in [0.2, 0.25) is 0 Å². The molecule has 0 aliphatic heterocycles. The average Bonchev–Trinajstić information content (AvgIpc) is 2.79. The van der Waals surface area contributed by atoms with Gasteiger partial charge >= 0.3 is 0 Å². The molecule has 20 heavy (non-hydrogen) atoms. The minimum atomic E-state index is 0.547. The third-order valence-electron chi connectivity index (χ3n) is 3.34. The number of hydrogen-bond acceptors (Lipinski definition) is 4. The predicted octanol–water partition coefficient (Wildman–Crippen LogP) is 4.99. The van der Waals surface area contributed by atoms with E-state index >= 15 is 0 Å².